The van der Waals surface area contributed by atoms with Crippen molar-refractivity contribution in [2.75, 3.05) is 20.3 Å². The topological polar surface area (TPSA) is 58.9 Å². The summed E-state index contributed by atoms with van der Waals surface area (Å²) in [6, 6.07) is 6.77. The molecule has 0 amide bonds. The molecule has 1 aromatic rings. The molecular formula is C12H19BO4. The van der Waals surface area contributed by atoms with Crippen LogP contribution in [-0.2, 0) is 4.74 Å². The highest BCUT2D eigenvalue weighted by Gasteiger charge is 2.09. The first-order valence-electron chi connectivity index (χ1n) is 5.82. The quantitative estimate of drug-likeness (QED) is 0.513. The summed E-state index contributed by atoms with van der Waals surface area (Å²) in [7, 11) is 0.284. The Morgan fingerprint density at radius 2 is 1.65 bits per heavy atom. The number of methoxy groups -OCH3 is 1. The van der Waals surface area contributed by atoms with E-state index >= 15 is 0 Å². The number of rotatable bonds is 8. The molecule has 0 atom stereocenters. The average Bonchev–Trinajstić information content (AvgIpc) is 2.34. The van der Waals surface area contributed by atoms with Crippen LogP contribution in [0.1, 0.15) is 19.3 Å². The summed E-state index contributed by atoms with van der Waals surface area (Å²) in [4.78, 5) is 0. The SMILES string of the molecule is COCCCCCOc1ccc(B(O)O)cc1. The van der Waals surface area contributed by atoms with Crippen molar-refractivity contribution in [3.8, 4) is 5.75 Å². The zero-order valence-corrected chi connectivity index (χ0v) is 10.1. The van der Waals surface area contributed by atoms with Crippen LogP contribution in [0.2, 0.25) is 0 Å². The summed E-state index contributed by atoms with van der Waals surface area (Å²) in [5.74, 6) is 0.751. The minimum absolute atomic E-state index is 0.470. The zero-order chi connectivity index (χ0) is 12.5. The molecule has 4 nitrogen and oxygen atoms in total. The fourth-order valence-electron chi connectivity index (χ4n) is 1.45. The Balaban J connectivity index is 2.19. The maximum absolute atomic E-state index is 8.91. The van der Waals surface area contributed by atoms with Gasteiger partial charge in [0, 0.05) is 13.7 Å². The number of hydrogen-bond acceptors (Lipinski definition) is 4. The van der Waals surface area contributed by atoms with Crippen molar-refractivity contribution in [2.24, 2.45) is 0 Å². The van der Waals surface area contributed by atoms with Gasteiger partial charge in [-0.25, -0.2) is 0 Å². The van der Waals surface area contributed by atoms with E-state index in [1.807, 2.05) is 0 Å². The molecule has 2 N–H and O–H groups in total. The third-order valence-electron chi connectivity index (χ3n) is 2.44. The molecule has 0 aliphatic rings. The van der Waals surface area contributed by atoms with Crippen molar-refractivity contribution in [2.45, 2.75) is 19.3 Å². The fourth-order valence-corrected chi connectivity index (χ4v) is 1.45. The van der Waals surface area contributed by atoms with Gasteiger partial charge in [0.25, 0.3) is 0 Å². The summed E-state index contributed by atoms with van der Waals surface area (Å²) in [6.07, 6.45) is 3.13. The Kier molecular flexibility index (Phi) is 6.70. The molecule has 0 aromatic heterocycles. The van der Waals surface area contributed by atoms with Gasteiger partial charge in [0.1, 0.15) is 5.75 Å². The normalized spacial score (nSPS) is 10.3. The number of ether oxygens (including phenoxy) is 2. The van der Waals surface area contributed by atoms with Gasteiger partial charge in [-0.2, -0.15) is 0 Å². The van der Waals surface area contributed by atoms with Crippen LogP contribution in [0.4, 0.5) is 0 Å². The van der Waals surface area contributed by atoms with E-state index < -0.39 is 7.12 Å². The molecule has 5 heteroatoms. The summed E-state index contributed by atoms with van der Waals surface area (Å²) in [6.45, 7) is 1.47. The molecule has 1 aromatic carbocycles. The first-order valence-corrected chi connectivity index (χ1v) is 5.82. The Bertz CT molecular complexity index is 300. The molecule has 0 saturated heterocycles. The third-order valence-corrected chi connectivity index (χ3v) is 2.44. The lowest BCUT2D eigenvalue weighted by Gasteiger charge is -2.06. The lowest BCUT2D eigenvalue weighted by Crippen LogP contribution is -2.29. The van der Waals surface area contributed by atoms with Crippen molar-refractivity contribution < 1.29 is 19.5 Å². The van der Waals surface area contributed by atoms with Crippen LogP contribution < -0.4 is 10.2 Å². The molecular weight excluding hydrogens is 219 g/mol. The molecule has 0 aliphatic carbocycles. The molecule has 17 heavy (non-hydrogen) atoms. The number of unbranched alkanes of at least 4 members (excludes halogenated alkanes) is 2. The van der Waals surface area contributed by atoms with E-state index in [1.165, 1.54) is 0 Å². The van der Waals surface area contributed by atoms with Gasteiger partial charge in [0.05, 0.1) is 6.61 Å². The summed E-state index contributed by atoms with van der Waals surface area (Å²) < 4.78 is 10.5. The van der Waals surface area contributed by atoms with Gasteiger partial charge in [-0.05, 0) is 36.9 Å². The third kappa shape index (κ3) is 5.72. The van der Waals surface area contributed by atoms with E-state index in [0.717, 1.165) is 31.6 Å². The van der Waals surface area contributed by atoms with Gasteiger partial charge in [0.2, 0.25) is 0 Å². The molecule has 94 valence electrons. The van der Waals surface area contributed by atoms with Crippen molar-refractivity contribution >= 4 is 12.6 Å². The van der Waals surface area contributed by atoms with E-state index in [2.05, 4.69) is 0 Å². The van der Waals surface area contributed by atoms with E-state index in [1.54, 1.807) is 31.4 Å². The monoisotopic (exact) mass is 238 g/mol. The Hall–Kier alpha value is -1.04. The van der Waals surface area contributed by atoms with Crippen LogP contribution in [0, 0.1) is 0 Å². The van der Waals surface area contributed by atoms with Gasteiger partial charge in [-0.3, -0.25) is 0 Å². The van der Waals surface area contributed by atoms with Crippen molar-refractivity contribution in [1.29, 1.82) is 0 Å². The summed E-state index contributed by atoms with van der Waals surface area (Å²) in [5, 5.41) is 17.8. The highest BCUT2D eigenvalue weighted by atomic mass is 16.5. The largest absolute Gasteiger partial charge is 0.494 e. The smallest absolute Gasteiger partial charge is 0.488 e. The second-order valence-electron chi connectivity index (χ2n) is 3.84. The first kappa shape index (κ1) is 14.0. The standard InChI is InChI=1S/C12H19BO4/c1-16-9-3-2-4-10-17-12-7-5-11(6-8-12)13(14)15/h5-8,14-15H,2-4,9-10H2,1H3. The lowest BCUT2D eigenvalue weighted by atomic mass is 9.80. The maximum Gasteiger partial charge on any atom is 0.488 e. The van der Waals surface area contributed by atoms with Crippen molar-refractivity contribution in [3.05, 3.63) is 24.3 Å². The Morgan fingerprint density at radius 3 is 2.24 bits per heavy atom. The first-order chi connectivity index (χ1) is 8.24. The highest BCUT2D eigenvalue weighted by Crippen LogP contribution is 2.08. The molecule has 0 saturated carbocycles. The summed E-state index contributed by atoms with van der Waals surface area (Å²) in [5.41, 5.74) is 0.470. The molecule has 1 rings (SSSR count). The number of hydrogen-bond donors (Lipinski definition) is 2. The minimum atomic E-state index is -1.42. The van der Waals surface area contributed by atoms with Gasteiger partial charge < -0.3 is 19.5 Å². The Morgan fingerprint density at radius 1 is 1.00 bits per heavy atom. The maximum atomic E-state index is 8.91. The molecule has 0 heterocycles. The molecule has 0 fully saturated rings. The van der Waals surface area contributed by atoms with Crippen LogP contribution in [0.5, 0.6) is 5.75 Å². The predicted molar refractivity (Wildman–Crippen MR) is 67.5 cm³/mol. The van der Waals surface area contributed by atoms with Gasteiger partial charge in [-0.1, -0.05) is 12.1 Å². The Labute approximate surface area is 102 Å². The van der Waals surface area contributed by atoms with E-state index in [-0.39, 0.29) is 0 Å². The molecule has 0 aliphatic heterocycles. The second kappa shape index (κ2) is 8.11. The van der Waals surface area contributed by atoms with Crippen molar-refractivity contribution in [1.82, 2.24) is 0 Å². The van der Waals surface area contributed by atoms with Crippen LogP contribution in [0.25, 0.3) is 0 Å². The van der Waals surface area contributed by atoms with E-state index in [4.69, 9.17) is 19.5 Å². The zero-order valence-electron chi connectivity index (χ0n) is 10.1. The van der Waals surface area contributed by atoms with Gasteiger partial charge >= 0.3 is 7.12 Å². The van der Waals surface area contributed by atoms with Crippen LogP contribution in [0.3, 0.4) is 0 Å². The van der Waals surface area contributed by atoms with Crippen molar-refractivity contribution in [3.63, 3.8) is 0 Å². The van der Waals surface area contributed by atoms with E-state index in [0.29, 0.717) is 12.1 Å². The average molecular weight is 238 g/mol. The molecule has 0 spiro atoms. The predicted octanol–water partition coefficient (Wildman–Crippen LogP) is 0.562. The molecule has 0 unspecified atom stereocenters. The minimum Gasteiger partial charge on any atom is -0.494 e. The van der Waals surface area contributed by atoms with Gasteiger partial charge in [-0.15, -0.1) is 0 Å². The summed E-state index contributed by atoms with van der Waals surface area (Å²) >= 11 is 0. The highest BCUT2D eigenvalue weighted by molar-refractivity contribution is 6.58. The molecule has 0 bridgehead atoms. The van der Waals surface area contributed by atoms with Gasteiger partial charge in [0.15, 0.2) is 0 Å². The number of benzene rings is 1. The fraction of sp³-hybridized carbons (Fsp3) is 0.500. The lowest BCUT2D eigenvalue weighted by molar-refractivity contribution is 0.189. The van der Waals surface area contributed by atoms with Crippen LogP contribution in [-0.4, -0.2) is 37.5 Å². The van der Waals surface area contributed by atoms with E-state index in [9.17, 15) is 0 Å². The molecule has 0 radical (unpaired) electrons. The second-order valence-corrected chi connectivity index (χ2v) is 3.84. The van der Waals surface area contributed by atoms with Crippen LogP contribution in [0.15, 0.2) is 24.3 Å². The van der Waals surface area contributed by atoms with Crippen LogP contribution >= 0.6 is 0 Å².